The van der Waals surface area contributed by atoms with Crippen LogP contribution in [0.1, 0.15) is 44.1 Å². The van der Waals surface area contributed by atoms with Crippen LogP contribution in [0.4, 0.5) is 0 Å². The Hall–Kier alpha value is -1.02. The molecule has 1 aliphatic rings. The van der Waals surface area contributed by atoms with Gasteiger partial charge >= 0.3 is 0 Å². The van der Waals surface area contributed by atoms with Gasteiger partial charge in [0.25, 0.3) is 0 Å². The van der Waals surface area contributed by atoms with Crippen LogP contribution in [0.3, 0.4) is 0 Å². The first-order valence-electron chi connectivity index (χ1n) is 6.64. The van der Waals surface area contributed by atoms with Gasteiger partial charge < -0.3 is 5.32 Å². The normalized spacial score (nSPS) is 18.8. The molecular formula is C15H20ClNO. The fourth-order valence-corrected chi connectivity index (χ4v) is 2.84. The number of carbonyl (C=O) groups is 1. The smallest absolute Gasteiger partial charge is 0.227 e. The molecule has 1 aromatic rings. The Morgan fingerprint density at radius 3 is 2.50 bits per heavy atom. The van der Waals surface area contributed by atoms with Crippen molar-refractivity contribution in [1.82, 2.24) is 5.32 Å². The number of amides is 1. The van der Waals surface area contributed by atoms with E-state index < -0.39 is 0 Å². The third kappa shape index (κ3) is 2.69. The molecule has 1 N–H and O–H groups in total. The van der Waals surface area contributed by atoms with E-state index >= 15 is 0 Å². The summed E-state index contributed by atoms with van der Waals surface area (Å²) in [7, 11) is 0. The largest absolute Gasteiger partial charge is 0.349 e. The van der Waals surface area contributed by atoms with E-state index in [1.807, 2.05) is 37.3 Å². The maximum atomic E-state index is 12.4. The molecule has 0 heterocycles. The van der Waals surface area contributed by atoms with Crippen molar-refractivity contribution in [3.63, 3.8) is 0 Å². The van der Waals surface area contributed by atoms with E-state index in [0.29, 0.717) is 5.88 Å². The van der Waals surface area contributed by atoms with Gasteiger partial charge in [0.15, 0.2) is 0 Å². The van der Waals surface area contributed by atoms with Gasteiger partial charge in [-0.05, 0) is 31.2 Å². The number of rotatable bonds is 5. The second-order valence-electron chi connectivity index (χ2n) is 5.13. The molecule has 1 fully saturated rings. The summed E-state index contributed by atoms with van der Waals surface area (Å²) < 4.78 is 0. The van der Waals surface area contributed by atoms with Crippen molar-refractivity contribution in [2.24, 2.45) is 0 Å². The Labute approximate surface area is 114 Å². The quantitative estimate of drug-likeness (QED) is 0.812. The molecule has 1 amide bonds. The zero-order chi connectivity index (χ0) is 13.0. The Balaban J connectivity index is 2.07. The fraction of sp³-hybridized carbons (Fsp3) is 0.533. The monoisotopic (exact) mass is 265 g/mol. The molecule has 1 unspecified atom stereocenters. The van der Waals surface area contributed by atoms with Crippen LogP contribution in [-0.4, -0.2) is 17.3 Å². The van der Waals surface area contributed by atoms with Gasteiger partial charge in [0.2, 0.25) is 5.91 Å². The second kappa shape index (κ2) is 5.75. The summed E-state index contributed by atoms with van der Waals surface area (Å²) in [5.41, 5.74) is 0.947. The van der Waals surface area contributed by atoms with E-state index in [0.717, 1.165) is 31.2 Å². The van der Waals surface area contributed by atoms with E-state index in [1.54, 1.807) is 0 Å². The van der Waals surface area contributed by atoms with Crippen LogP contribution in [0.5, 0.6) is 0 Å². The summed E-state index contributed by atoms with van der Waals surface area (Å²) in [6, 6.07) is 9.96. The maximum absolute atomic E-state index is 12.4. The minimum atomic E-state index is -0.138. The number of carbonyl (C=O) groups excluding carboxylic acids is 1. The first kappa shape index (κ1) is 13.4. The maximum Gasteiger partial charge on any atom is 0.227 e. The predicted molar refractivity (Wildman–Crippen MR) is 74.9 cm³/mol. The van der Waals surface area contributed by atoms with Gasteiger partial charge in [-0.1, -0.05) is 37.3 Å². The molecule has 2 nitrogen and oxygen atoms in total. The predicted octanol–water partition coefficient (Wildman–Crippen LogP) is 3.46. The van der Waals surface area contributed by atoms with Crippen molar-refractivity contribution in [2.45, 2.75) is 44.1 Å². The van der Waals surface area contributed by atoms with Crippen molar-refractivity contribution in [1.29, 1.82) is 0 Å². The third-order valence-electron chi connectivity index (χ3n) is 3.88. The standard InChI is InChI=1S/C15H20ClNO/c1-2-13(12-7-4-3-5-8-12)14(18)17-15(11-16)9-6-10-15/h3-5,7-8,13H,2,6,9-11H2,1H3,(H,17,18). The average molecular weight is 266 g/mol. The molecule has 0 aromatic heterocycles. The number of benzene rings is 1. The van der Waals surface area contributed by atoms with Crippen LogP contribution in [0.15, 0.2) is 30.3 Å². The Morgan fingerprint density at radius 2 is 2.06 bits per heavy atom. The highest BCUT2D eigenvalue weighted by molar-refractivity contribution is 6.19. The lowest BCUT2D eigenvalue weighted by Crippen LogP contribution is -2.56. The number of halogens is 1. The van der Waals surface area contributed by atoms with Crippen molar-refractivity contribution in [2.75, 3.05) is 5.88 Å². The van der Waals surface area contributed by atoms with Gasteiger partial charge in [-0.15, -0.1) is 11.6 Å². The Bertz CT molecular complexity index is 395. The lowest BCUT2D eigenvalue weighted by molar-refractivity contribution is -0.125. The molecule has 98 valence electrons. The van der Waals surface area contributed by atoms with Gasteiger partial charge in [-0.25, -0.2) is 0 Å². The summed E-state index contributed by atoms with van der Waals surface area (Å²) in [5, 5.41) is 3.16. The van der Waals surface area contributed by atoms with E-state index in [2.05, 4.69) is 5.32 Å². The molecule has 0 bridgehead atoms. The molecule has 18 heavy (non-hydrogen) atoms. The van der Waals surface area contributed by atoms with Crippen LogP contribution in [-0.2, 0) is 4.79 Å². The molecule has 0 spiro atoms. The molecule has 0 saturated heterocycles. The average Bonchev–Trinajstić information content (AvgIpc) is 2.36. The van der Waals surface area contributed by atoms with Crippen molar-refractivity contribution >= 4 is 17.5 Å². The number of hydrogen-bond donors (Lipinski definition) is 1. The molecular weight excluding hydrogens is 246 g/mol. The summed E-state index contributed by atoms with van der Waals surface area (Å²) in [4.78, 5) is 12.4. The Morgan fingerprint density at radius 1 is 1.39 bits per heavy atom. The molecule has 0 aliphatic heterocycles. The first-order chi connectivity index (χ1) is 8.71. The molecule has 3 heteroatoms. The fourth-order valence-electron chi connectivity index (χ4n) is 2.50. The summed E-state index contributed by atoms with van der Waals surface area (Å²) >= 11 is 5.98. The van der Waals surface area contributed by atoms with Gasteiger partial charge in [-0.3, -0.25) is 4.79 Å². The zero-order valence-corrected chi connectivity index (χ0v) is 11.5. The zero-order valence-electron chi connectivity index (χ0n) is 10.8. The molecule has 2 rings (SSSR count). The summed E-state index contributed by atoms with van der Waals surface area (Å²) in [6.45, 7) is 2.05. The van der Waals surface area contributed by atoms with Crippen molar-refractivity contribution in [3.8, 4) is 0 Å². The lowest BCUT2D eigenvalue weighted by atomic mass is 9.77. The van der Waals surface area contributed by atoms with Crippen LogP contribution < -0.4 is 5.32 Å². The van der Waals surface area contributed by atoms with Crippen LogP contribution >= 0.6 is 11.6 Å². The first-order valence-corrected chi connectivity index (χ1v) is 7.17. The molecule has 1 aliphatic carbocycles. The minimum Gasteiger partial charge on any atom is -0.349 e. The van der Waals surface area contributed by atoms with E-state index in [-0.39, 0.29) is 17.4 Å². The molecule has 1 aromatic carbocycles. The van der Waals surface area contributed by atoms with Crippen LogP contribution in [0, 0.1) is 0 Å². The number of hydrogen-bond acceptors (Lipinski definition) is 1. The van der Waals surface area contributed by atoms with E-state index in [1.165, 1.54) is 0 Å². The second-order valence-corrected chi connectivity index (χ2v) is 5.40. The number of nitrogens with one attached hydrogen (secondary N) is 1. The van der Waals surface area contributed by atoms with Gasteiger partial charge in [0.1, 0.15) is 0 Å². The van der Waals surface area contributed by atoms with Gasteiger partial charge in [0, 0.05) is 5.88 Å². The highest BCUT2D eigenvalue weighted by Crippen LogP contribution is 2.34. The third-order valence-corrected chi connectivity index (χ3v) is 4.39. The molecule has 1 atom stereocenters. The molecule has 0 radical (unpaired) electrons. The molecule has 1 saturated carbocycles. The van der Waals surface area contributed by atoms with Crippen molar-refractivity contribution in [3.05, 3.63) is 35.9 Å². The van der Waals surface area contributed by atoms with Crippen molar-refractivity contribution < 1.29 is 4.79 Å². The lowest BCUT2D eigenvalue weighted by Gasteiger charge is -2.41. The Kier molecular flexibility index (Phi) is 4.28. The summed E-state index contributed by atoms with van der Waals surface area (Å²) in [5.74, 6) is 0.570. The van der Waals surface area contributed by atoms with E-state index in [4.69, 9.17) is 11.6 Å². The van der Waals surface area contributed by atoms with Gasteiger partial charge in [-0.2, -0.15) is 0 Å². The SMILES string of the molecule is CCC(C(=O)NC1(CCl)CCC1)c1ccccc1. The van der Waals surface area contributed by atoms with Crippen LogP contribution in [0.25, 0.3) is 0 Å². The number of alkyl halides is 1. The van der Waals surface area contributed by atoms with Gasteiger partial charge in [0.05, 0.1) is 11.5 Å². The van der Waals surface area contributed by atoms with Crippen LogP contribution in [0.2, 0.25) is 0 Å². The van der Waals surface area contributed by atoms with E-state index in [9.17, 15) is 4.79 Å². The highest BCUT2D eigenvalue weighted by Gasteiger charge is 2.38. The highest BCUT2D eigenvalue weighted by atomic mass is 35.5. The topological polar surface area (TPSA) is 29.1 Å². The minimum absolute atomic E-state index is 0.0631. The summed E-state index contributed by atoms with van der Waals surface area (Å²) in [6.07, 6.45) is 3.99.